The average molecular weight is 420 g/mol. The van der Waals surface area contributed by atoms with E-state index in [2.05, 4.69) is 25.8 Å². The number of fused-ring (bicyclic) bond motifs is 1. The van der Waals surface area contributed by atoms with E-state index in [4.69, 9.17) is 0 Å². The predicted molar refractivity (Wildman–Crippen MR) is 116 cm³/mol. The van der Waals surface area contributed by atoms with Crippen molar-refractivity contribution in [1.82, 2.24) is 25.3 Å². The highest BCUT2D eigenvalue weighted by atomic mass is 19.1. The molecule has 1 amide bonds. The number of hydrogen-bond donors (Lipinski definition) is 2. The summed E-state index contributed by atoms with van der Waals surface area (Å²) in [6, 6.07) is 13.6. The molecule has 0 fully saturated rings. The first kappa shape index (κ1) is 20.9. The lowest BCUT2D eigenvalue weighted by atomic mass is 9.91. The topological polar surface area (TPSA) is 83.0 Å². The van der Waals surface area contributed by atoms with E-state index >= 15 is 0 Å². The number of hydrazine groups is 1. The smallest absolute Gasteiger partial charge is 0.257 e. The zero-order chi connectivity index (χ0) is 21.6. The number of hydrogen-bond acceptors (Lipinski definition) is 6. The molecule has 0 saturated carbocycles. The number of benzene rings is 1. The summed E-state index contributed by atoms with van der Waals surface area (Å²) in [5.74, 6) is -0.0904. The Labute approximate surface area is 180 Å². The van der Waals surface area contributed by atoms with E-state index in [1.165, 1.54) is 6.20 Å². The van der Waals surface area contributed by atoms with Crippen molar-refractivity contribution in [1.29, 1.82) is 0 Å². The average Bonchev–Trinajstić information content (AvgIpc) is 2.83. The minimum atomic E-state index is -0.857. The fourth-order valence-corrected chi connectivity index (χ4v) is 3.87. The van der Waals surface area contributed by atoms with Crippen molar-refractivity contribution in [2.45, 2.75) is 38.5 Å². The minimum absolute atomic E-state index is 0.0629. The molecule has 0 spiro atoms. The van der Waals surface area contributed by atoms with E-state index in [1.807, 2.05) is 42.5 Å². The van der Waals surface area contributed by atoms with Crippen molar-refractivity contribution >= 4 is 11.9 Å². The molecule has 2 N–H and O–H groups in total. The molecule has 1 aliphatic carbocycles. The molecule has 3 aromatic rings. The van der Waals surface area contributed by atoms with Crippen LogP contribution in [0.4, 0.5) is 10.3 Å². The van der Waals surface area contributed by atoms with Gasteiger partial charge in [0, 0.05) is 26.0 Å². The number of amides is 1. The van der Waals surface area contributed by atoms with Gasteiger partial charge in [-0.15, -0.1) is 0 Å². The van der Waals surface area contributed by atoms with Gasteiger partial charge in [0.25, 0.3) is 5.91 Å². The Balaban J connectivity index is 1.47. The first-order valence-electron chi connectivity index (χ1n) is 10.3. The van der Waals surface area contributed by atoms with Gasteiger partial charge in [-0.2, -0.15) is 0 Å². The molecule has 1 atom stereocenters. The minimum Gasteiger partial charge on any atom is -0.333 e. The summed E-state index contributed by atoms with van der Waals surface area (Å²) in [6.07, 6.45) is 5.88. The number of rotatable bonds is 7. The highest BCUT2D eigenvalue weighted by molar-refractivity contribution is 5.95. The summed E-state index contributed by atoms with van der Waals surface area (Å²) in [5.41, 5.74) is 9.25. The van der Waals surface area contributed by atoms with Crippen LogP contribution in [0.25, 0.3) is 0 Å². The van der Waals surface area contributed by atoms with E-state index < -0.39 is 6.67 Å². The summed E-state index contributed by atoms with van der Waals surface area (Å²) < 4.78 is 13.7. The third-order valence-corrected chi connectivity index (χ3v) is 5.51. The van der Waals surface area contributed by atoms with Crippen molar-refractivity contribution in [3.63, 3.8) is 0 Å². The van der Waals surface area contributed by atoms with Gasteiger partial charge in [0.1, 0.15) is 6.67 Å². The number of alkyl halides is 1. The molecule has 160 valence electrons. The van der Waals surface area contributed by atoms with Crippen molar-refractivity contribution in [3.05, 3.63) is 82.9 Å². The first-order valence-corrected chi connectivity index (χ1v) is 10.3. The molecule has 0 bridgehead atoms. The largest absolute Gasteiger partial charge is 0.333 e. The fourth-order valence-electron chi connectivity index (χ4n) is 3.87. The van der Waals surface area contributed by atoms with Gasteiger partial charge in [0.05, 0.1) is 23.0 Å². The molecule has 8 heteroatoms. The number of aromatic nitrogens is 3. The van der Waals surface area contributed by atoms with Crippen LogP contribution in [0.2, 0.25) is 0 Å². The SMILES string of the molecule is CN(C(=O)c1cnc(NNCc2ccccc2)nc1CF)C1CCCc2cccnc21. The van der Waals surface area contributed by atoms with Crippen LogP contribution in [0.3, 0.4) is 0 Å². The van der Waals surface area contributed by atoms with E-state index in [1.54, 1.807) is 18.1 Å². The van der Waals surface area contributed by atoms with E-state index in [-0.39, 0.29) is 29.2 Å². The molecular weight excluding hydrogens is 395 g/mol. The van der Waals surface area contributed by atoms with Gasteiger partial charge >= 0.3 is 0 Å². The van der Waals surface area contributed by atoms with E-state index in [0.717, 1.165) is 36.1 Å². The number of carbonyl (C=O) groups is 1. The van der Waals surface area contributed by atoms with Gasteiger partial charge in [-0.05, 0) is 36.5 Å². The third kappa shape index (κ3) is 4.69. The summed E-state index contributed by atoms with van der Waals surface area (Å²) >= 11 is 0. The van der Waals surface area contributed by atoms with Gasteiger partial charge in [0.2, 0.25) is 5.95 Å². The van der Waals surface area contributed by atoms with Crippen LogP contribution >= 0.6 is 0 Å². The first-order chi connectivity index (χ1) is 15.2. The zero-order valence-electron chi connectivity index (χ0n) is 17.4. The standard InChI is InChI=1S/C23H25FN6O/c1-30(20-11-5-9-17-10-6-12-25-21(17)20)22(31)18-15-26-23(28-19(18)13-24)29-27-14-16-7-3-2-4-8-16/h2-4,6-8,10,12,15,20,27H,5,9,11,13-14H2,1H3,(H,26,28,29). The molecule has 0 aliphatic heterocycles. The van der Waals surface area contributed by atoms with Gasteiger partial charge in [-0.3, -0.25) is 15.2 Å². The normalized spacial score (nSPS) is 15.2. The second kappa shape index (κ2) is 9.61. The van der Waals surface area contributed by atoms with Crippen LogP contribution in [-0.2, 0) is 19.6 Å². The monoisotopic (exact) mass is 420 g/mol. The fraction of sp³-hybridized carbons (Fsp3) is 0.304. The molecule has 4 rings (SSSR count). The Kier molecular flexibility index (Phi) is 6.47. The van der Waals surface area contributed by atoms with Crippen LogP contribution in [0.5, 0.6) is 0 Å². The molecule has 31 heavy (non-hydrogen) atoms. The van der Waals surface area contributed by atoms with Gasteiger partial charge in [-0.25, -0.2) is 19.8 Å². The molecule has 1 aliphatic rings. The zero-order valence-corrected chi connectivity index (χ0v) is 17.4. The molecule has 7 nitrogen and oxygen atoms in total. The quantitative estimate of drug-likeness (QED) is 0.568. The highest BCUT2D eigenvalue weighted by Gasteiger charge is 2.29. The number of nitrogens with zero attached hydrogens (tertiary/aromatic N) is 4. The van der Waals surface area contributed by atoms with Crippen molar-refractivity contribution in [3.8, 4) is 0 Å². The third-order valence-electron chi connectivity index (χ3n) is 5.51. The van der Waals surface area contributed by atoms with Crippen LogP contribution in [0, 0.1) is 0 Å². The second-order valence-corrected chi connectivity index (χ2v) is 7.52. The number of halogens is 1. The van der Waals surface area contributed by atoms with Crippen LogP contribution in [0.15, 0.2) is 54.9 Å². The number of aryl methyl sites for hydroxylation is 1. The Morgan fingerprint density at radius 2 is 2.03 bits per heavy atom. The maximum Gasteiger partial charge on any atom is 0.257 e. The maximum absolute atomic E-state index is 13.7. The number of nitrogens with one attached hydrogen (secondary N) is 2. The lowest BCUT2D eigenvalue weighted by Gasteiger charge is -2.32. The van der Waals surface area contributed by atoms with Crippen molar-refractivity contribution in [2.24, 2.45) is 0 Å². The summed E-state index contributed by atoms with van der Waals surface area (Å²) in [4.78, 5) is 27.7. The summed E-state index contributed by atoms with van der Waals surface area (Å²) in [7, 11) is 1.73. The van der Waals surface area contributed by atoms with Crippen molar-refractivity contribution < 1.29 is 9.18 Å². The van der Waals surface area contributed by atoms with Gasteiger partial charge in [-0.1, -0.05) is 36.4 Å². The van der Waals surface area contributed by atoms with Crippen molar-refractivity contribution in [2.75, 3.05) is 12.5 Å². The lowest BCUT2D eigenvalue weighted by Crippen LogP contribution is -2.35. The molecule has 2 aromatic heterocycles. The van der Waals surface area contributed by atoms with Crippen LogP contribution in [-0.4, -0.2) is 32.8 Å². The van der Waals surface area contributed by atoms with Crippen LogP contribution in [0.1, 0.15) is 51.8 Å². The Morgan fingerprint density at radius 1 is 1.19 bits per heavy atom. The van der Waals surface area contributed by atoms with Gasteiger partial charge < -0.3 is 4.90 Å². The number of carbonyl (C=O) groups excluding carboxylic acids is 1. The lowest BCUT2D eigenvalue weighted by molar-refractivity contribution is 0.0708. The van der Waals surface area contributed by atoms with Crippen LogP contribution < -0.4 is 10.9 Å². The molecule has 0 radical (unpaired) electrons. The second-order valence-electron chi connectivity index (χ2n) is 7.52. The number of pyridine rings is 1. The molecule has 2 heterocycles. The predicted octanol–water partition coefficient (Wildman–Crippen LogP) is 3.61. The highest BCUT2D eigenvalue weighted by Crippen LogP contribution is 2.32. The molecule has 0 saturated heterocycles. The maximum atomic E-state index is 13.7. The Morgan fingerprint density at radius 3 is 2.84 bits per heavy atom. The number of anilines is 1. The van der Waals surface area contributed by atoms with E-state index in [0.29, 0.717) is 6.54 Å². The molecule has 1 aromatic carbocycles. The Bertz CT molecular complexity index is 1050. The molecule has 1 unspecified atom stereocenters. The Hall–Kier alpha value is -3.39. The summed E-state index contributed by atoms with van der Waals surface area (Å²) in [5, 5.41) is 0. The van der Waals surface area contributed by atoms with E-state index in [9.17, 15) is 9.18 Å². The molecular formula is C23H25FN6O. The van der Waals surface area contributed by atoms with Gasteiger partial charge in [0.15, 0.2) is 0 Å². The summed E-state index contributed by atoms with van der Waals surface area (Å²) in [6.45, 7) is -0.309.